The Kier molecular flexibility index (Phi) is 8.38. The van der Waals surface area contributed by atoms with Gasteiger partial charge in [-0.05, 0) is 13.8 Å². The highest BCUT2D eigenvalue weighted by Crippen LogP contribution is 2.33. The highest BCUT2D eigenvalue weighted by atomic mass is 19.2. The van der Waals surface area contributed by atoms with Crippen LogP contribution < -0.4 is 0 Å². The summed E-state index contributed by atoms with van der Waals surface area (Å²) in [5, 5.41) is 27.1. The minimum atomic E-state index is -2.07. The molecule has 1 aromatic heterocycles. The Balaban J connectivity index is 0.00000187. The smallest absolute Gasteiger partial charge is 0.250 e. The van der Waals surface area contributed by atoms with Crippen LogP contribution in [-0.4, -0.2) is 45.6 Å². The van der Waals surface area contributed by atoms with Gasteiger partial charge < -0.3 is 20.1 Å². The Morgan fingerprint density at radius 2 is 1.52 bits per heavy atom. The summed E-state index contributed by atoms with van der Waals surface area (Å²) in [4.78, 5) is 6.80. The summed E-state index contributed by atoms with van der Waals surface area (Å²) >= 11 is 0. The Morgan fingerprint density at radius 3 is 2.12 bits per heavy atom. The van der Waals surface area contributed by atoms with Crippen LogP contribution in [0.1, 0.15) is 41.3 Å². The molecule has 0 spiro atoms. The third kappa shape index (κ3) is 5.09. The van der Waals surface area contributed by atoms with Gasteiger partial charge in [0.15, 0.2) is 29.1 Å². The van der Waals surface area contributed by atoms with E-state index < -0.39 is 94.0 Å². The monoisotopic (exact) mass is 484 g/mol. The summed E-state index contributed by atoms with van der Waals surface area (Å²) in [6.45, 7) is 1.88. The maximum absolute atomic E-state index is 14.3. The standard InChI is InChI=1S/C19H15F7N2O3.CH4O/c1-5-12(20)10(15(23)17(25)13(5)21)8(29)3-7-4-9(30)31-19(28-7)11-14(22)6(2)27-18(26)16(11)24;1-2/h7-9,29-30H,3-4H2,1-2H3;2H,1H3. The molecule has 0 aliphatic carbocycles. The largest absolute Gasteiger partial charge is 0.448 e. The molecular weight excluding hydrogens is 465 g/mol. The van der Waals surface area contributed by atoms with E-state index in [2.05, 4.69) is 9.98 Å². The van der Waals surface area contributed by atoms with Gasteiger partial charge in [0.25, 0.3) is 0 Å². The van der Waals surface area contributed by atoms with E-state index >= 15 is 0 Å². The van der Waals surface area contributed by atoms with Crippen LogP contribution in [0.5, 0.6) is 0 Å². The van der Waals surface area contributed by atoms with Crippen molar-refractivity contribution in [2.45, 2.75) is 45.1 Å². The molecular formula is C20H19F7N2O4. The van der Waals surface area contributed by atoms with E-state index in [-0.39, 0.29) is 6.42 Å². The van der Waals surface area contributed by atoms with Crippen LogP contribution in [0.2, 0.25) is 0 Å². The lowest BCUT2D eigenvalue weighted by molar-refractivity contribution is -0.0498. The molecule has 0 saturated carbocycles. The number of aryl methyl sites for hydroxylation is 1. The summed E-state index contributed by atoms with van der Waals surface area (Å²) in [7, 11) is 1.00. The third-order valence-electron chi connectivity index (χ3n) is 4.78. The summed E-state index contributed by atoms with van der Waals surface area (Å²) in [5.74, 6) is -12.8. The van der Waals surface area contributed by atoms with Gasteiger partial charge in [0.1, 0.15) is 11.4 Å². The molecule has 0 amide bonds. The van der Waals surface area contributed by atoms with Gasteiger partial charge in [-0.15, -0.1) is 0 Å². The lowest BCUT2D eigenvalue weighted by atomic mass is 9.96. The highest BCUT2D eigenvalue weighted by Gasteiger charge is 2.34. The first-order chi connectivity index (χ1) is 15.4. The van der Waals surface area contributed by atoms with Crippen molar-refractivity contribution >= 4 is 5.90 Å². The normalized spacial score (nSPS) is 18.8. The van der Waals surface area contributed by atoms with Crippen molar-refractivity contribution in [2.75, 3.05) is 7.11 Å². The number of halogens is 7. The molecule has 3 rings (SSSR count). The van der Waals surface area contributed by atoms with Gasteiger partial charge in [0.2, 0.25) is 18.1 Å². The quantitative estimate of drug-likeness (QED) is 0.268. The molecule has 1 aliphatic heterocycles. The molecule has 0 bridgehead atoms. The maximum Gasteiger partial charge on any atom is 0.250 e. The van der Waals surface area contributed by atoms with E-state index in [1.807, 2.05) is 0 Å². The van der Waals surface area contributed by atoms with Crippen molar-refractivity contribution in [1.82, 2.24) is 4.98 Å². The minimum absolute atomic E-state index is 0.387. The lowest BCUT2D eigenvalue weighted by Crippen LogP contribution is -2.32. The molecule has 3 unspecified atom stereocenters. The molecule has 0 radical (unpaired) electrons. The number of rotatable bonds is 4. The van der Waals surface area contributed by atoms with Gasteiger partial charge >= 0.3 is 0 Å². The maximum atomic E-state index is 14.3. The molecule has 0 fully saturated rings. The second-order valence-corrected chi connectivity index (χ2v) is 6.93. The van der Waals surface area contributed by atoms with Gasteiger partial charge in [-0.3, -0.25) is 0 Å². The number of ether oxygens (including phenoxy) is 1. The van der Waals surface area contributed by atoms with Gasteiger partial charge in [-0.25, -0.2) is 36.3 Å². The molecule has 0 saturated heterocycles. The Labute approximate surface area is 183 Å². The lowest BCUT2D eigenvalue weighted by Gasteiger charge is -2.27. The Bertz CT molecular complexity index is 1030. The van der Waals surface area contributed by atoms with Crippen LogP contribution in [0.4, 0.5) is 30.7 Å². The number of nitrogens with zero attached hydrogens (tertiary/aromatic N) is 2. The summed E-state index contributed by atoms with van der Waals surface area (Å²) < 4.78 is 102. The summed E-state index contributed by atoms with van der Waals surface area (Å²) in [5.41, 5.74) is -3.63. The number of aliphatic imine (C=N–C) groups is 1. The molecule has 2 heterocycles. The highest BCUT2D eigenvalue weighted by molar-refractivity contribution is 5.95. The third-order valence-corrected chi connectivity index (χ3v) is 4.78. The van der Waals surface area contributed by atoms with E-state index in [0.717, 1.165) is 21.0 Å². The molecule has 13 heteroatoms. The van der Waals surface area contributed by atoms with Gasteiger partial charge in [0.05, 0.1) is 23.4 Å². The van der Waals surface area contributed by atoms with E-state index in [9.17, 15) is 40.9 Å². The first-order valence-electron chi connectivity index (χ1n) is 9.33. The topological polar surface area (TPSA) is 95.2 Å². The average Bonchev–Trinajstić information content (AvgIpc) is 2.76. The van der Waals surface area contributed by atoms with E-state index in [1.54, 1.807) is 0 Å². The first-order valence-corrected chi connectivity index (χ1v) is 9.33. The van der Waals surface area contributed by atoms with Crippen LogP contribution >= 0.6 is 0 Å². The second kappa shape index (κ2) is 10.4. The van der Waals surface area contributed by atoms with Crippen molar-refractivity contribution < 1.29 is 50.8 Å². The van der Waals surface area contributed by atoms with Crippen molar-refractivity contribution in [3.05, 3.63) is 63.2 Å². The molecule has 2 aromatic rings. The molecule has 6 nitrogen and oxygen atoms in total. The zero-order valence-electron chi connectivity index (χ0n) is 17.4. The first kappa shape index (κ1) is 26.5. The van der Waals surface area contributed by atoms with E-state index in [1.165, 1.54) is 0 Å². The number of aliphatic hydroxyl groups is 3. The molecule has 1 aromatic carbocycles. The number of hydrogen-bond acceptors (Lipinski definition) is 6. The second-order valence-electron chi connectivity index (χ2n) is 6.93. The fraction of sp³-hybridized carbons (Fsp3) is 0.400. The van der Waals surface area contributed by atoms with Gasteiger partial charge in [0, 0.05) is 25.5 Å². The summed E-state index contributed by atoms with van der Waals surface area (Å²) in [6.07, 6.45) is -4.85. The van der Waals surface area contributed by atoms with Crippen molar-refractivity contribution in [3.8, 4) is 0 Å². The predicted molar refractivity (Wildman–Crippen MR) is 99.6 cm³/mol. The molecule has 33 heavy (non-hydrogen) atoms. The fourth-order valence-corrected chi connectivity index (χ4v) is 3.19. The fourth-order valence-electron chi connectivity index (χ4n) is 3.19. The number of benzene rings is 1. The molecule has 3 atom stereocenters. The number of aliphatic hydroxyl groups excluding tert-OH is 3. The zero-order chi connectivity index (χ0) is 25.2. The average molecular weight is 484 g/mol. The SMILES string of the molecule is CO.Cc1nc(F)c(F)c(C2=NC(CC(O)c3c(F)c(C)c(F)c(F)c3F)CC(O)O2)c1F. The minimum Gasteiger partial charge on any atom is -0.448 e. The van der Waals surface area contributed by atoms with Gasteiger partial charge in [-0.2, -0.15) is 4.39 Å². The number of pyridine rings is 1. The Morgan fingerprint density at radius 1 is 0.909 bits per heavy atom. The Hall–Kier alpha value is -2.77. The van der Waals surface area contributed by atoms with Gasteiger partial charge in [-0.1, -0.05) is 0 Å². The molecule has 182 valence electrons. The predicted octanol–water partition coefficient (Wildman–Crippen LogP) is 3.26. The zero-order valence-corrected chi connectivity index (χ0v) is 17.4. The van der Waals surface area contributed by atoms with E-state index in [4.69, 9.17) is 9.84 Å². The number of hydrogen-bond donors (Lipinski definition) is 3. The van der Waals surface area contributed by atoms with Crippen LogP contribution in [0.3, 0.4) is 0 Å². The van der Waals surface area contributed by atoms with Crippen molar-refractivity contribution in [3.63, 3.8) is 0 Å². The van der Waals surface area contributed by atoms with Crippen molar-refractivity contribution in [1.29, 1.82) is 0 Å². The summed E-state index contributed by atoms with van der Waals surface area (Å²) in [6, 6.07) is -1.24. The van der Waals surface area contributed by atoms with E-state index in [0.29, 0.717) is 0 Å². The van der Waals surface area contributed by atoms with Crippen LogP contribution in [0.25, 0.3) is 0 Å². The van der Waals surface area contributed by atoms with Crippen LogP contribution in [0.15, 0.2) is 4.99 Å². The van der Waals surface area contributed by atoms with Crippen LogP contribution in [0, 0.1) is 54.7 Å². The molecule has 3 N–H and O–H groups in total. The molecule has 1 aliphatic rings. The number of aromatic nitrogens is 1. The van der Waals surface area contributed by atoms with Crippen LogP contribution in [-0.2, 0) is 4.74 Å². The van der Waals surface area contributed by atoms with Crippen molar-refractivity contribution in [2.24, 2.45) is 4.99 Å².